The van der Waals surface area contributed by atoms with E-state index in [4.69, 9.17) is 9.47 Å². The fourth-order valence-electron chi connectivity index (χ4n) is 2.69. The van der Waals surface area contributed by atoms with E-state index >= 15 is 0 Å². The van der Waals surface area contributed by atoms with E-state index in [0.29, 0.717) is 19.1 Å². The first-order chi connectivity index (χ1) is 14.6. The van der Waals surface area contributed by atoms with Crippen molar-refractivity contribution in [3.63, 3.8) is 0 Å². The van der Waals surface area contributed by atoms with Gasteiger partial charge in [0.05, 0.1) is 13.2 Å². The molecule has 0 aliphatic rings. The molecule has 0 fully saturated rings. The summed E-state index contributed by atoms with van der Waals surface area (Å²) in [6.07, 6.45) is 0. The highest BCUT2D eigenvalue weighted by molar-refractivity contribution is 5.93. The lowest BCUT2D eigenvalue weighted by Gasteiger charge is -2.11. The van der Waals surface area contributed by atoms with E-state index in [1.54, 1.807) is 0 Å². The van der Waals surface area contributed by atoms with Crippen LogP contribution in [0.2, 0.25) is 0 Å². The summed E-state index contributed by atoms with van der Waals surface area (Å²) in [5.41, 5.74) is 2.72. The predicted molar refractivity (Wildman–Crippen MR) is 121 cm³/mol. The lowest BCUT2D eigenvalue weighted by atomic mass is 10.2. The van der Waals surface area contributed by atoms with Crippen molar-refractivity contribution in [1.82, 2.24) is 0 Å². The SMILES string of the molecule is CC(C)COc1ccc(NC(=O)CNc2ccc(OCc3ccccc3)cc2)cc1. The molecule has 3 rings (SSSR count). The Hall–Kier alpha value is -3.47. The number of anilines is 2. The molecule has 1 amide bonds. The summed E-state index contributed by atoms with van der Waals surface area (Å²) in [5.74, 6) is 1.94. The Morgan fingerprint density at radius 3 is 2.03 bits per heavy atom. The maximum absolute atomic E-state index is 12.2. The summed E-state index contributed by atoms with van der Waals surface area (Å²) in [5, 5.41) is 5.99. The minimum absolute atomic E-state index is 0.116. The van der Waals surface area contributed by atoms with Gasteiger partial charge in [0.25, 0.3) is 0 Å². The normalized spacial score (nSPS) is 10.5. The zero-order valence-electron chi connectivity index (χ0n) is 17.4. The van der Waals surface area contributed by atoms with Gasteiger partial charge in [-0.25, -0.2) is 0 Å². The topological polar surface area (TPSA) is 59.6 Å². The molecule has 2 N–H and O–H groups in total. The first-order valence-electron chi connectivity index (χ1n) is 10.1. The minimum Gasteiger partial charge on any atom is -0.493 e. The van der Waals surface area contributed by atoms with Crippen LogP contribution < -0.4 is 20.1 Å². The molecule has 3 aromatic carbocycles. The molecular weight excluding hydrogens is 376 g/mol. The van der Waals surface area contributed by atoms with Crippen LogP contribution in [0.1, 0.15) is 19.4 Å². The molecule has 0 aliphatic heterocycles. The fourth-order valence-corrected chi connectivity index (χ4v) is 2.69. The molecule has 0 spiro atoms. The van der Waals surface area contributed by atoms with Crippen molar-refractivity contribution in [2.75, 3.05) is 23.8 Å². The number of nitrogens with one attached hydrogen (secondary N) is 2. The van der Waals surface area contributed by atoms with Crippen LogP contribution in [0.15, 0.2) is 78.9 Å². The molecule has 30 heavy (non-hydrogen) atoms. The average Bonchev–Trinajstić information content (AvgIpc) is 2.77. The van der Waals surface area contributed by atoms with Crippen molar-refractivity contribution in [2.45, 2.75) is 20.5 Å². The van der Waals surface area contributed by atoms with Crippen molar-refractivity contribution in [3.8, 4) is 11.5 Å². The second-order valence-electron chi connectivity index (χ2n) is 7.43. The number of carbonyl (C=O) groups is 1. The molecule has 0 heterocycles. The van der Waals surface area contributed by atoms with Gasteiger partial charge >= 0.3 is 0 Å². The van der Waals surface area contributed by atoms with Crippen LogP contribution in [0.25, 0.3) is 0 Å². The Morgan fingerprint density at radius 2 is 1.40 bits per heavy atom. The summed E-state index contributed by atoms with van der Waals surface area (Å²) in [6.45, 7) is 5.58. The van der Waals surface area contributed by atoms with Gasteiger partial charge in [0.1, 0.15) is 18.1 Å². The quantitative estimate of drug-likeness (QED) is 0.478. The summed E-state index contributed by atoms with van der Waals surface area (Å²) < 4.78 is 11.4. The van der Waals surface area contributed by atoms with E-state index in [9.17, 15) is 4.79 Å². The molecule has 3 aromatic rings. The van der Waals surface area contributed by atoms with E-state index < -0.39 is 0 Å². The van der Waals surface area contributed by atoms with Crippen LogP contribution >= 0.6 is 0 Å². The lowest BCUT2D eigenvalue weighted by Crippen LogP contribution is -2.21. The van der Waals surface area contributed by atoms with Crippen molar-refractivity contribution in [1.29, 1.82) is 0 Å². The molecule has 0 atom stereocenters. The van der Waals surface area contributed by atoms with E-state index in [0.717, 1.165) is 28.4 Å². The molecule has 0 saturated heterocycles. The van der Waals surface area contributed by atoms with E-state index in [-0.39, 0.29) is 12.5 Å². The van der Waals surface area contributed by atoms with Crippen LogP contribution in [0.4, 0.5) is 11.4 Å². The standard InChI is InChI=1S/C25H28N2O3/c1-19(2)17-29-23-14-10-22(11-15-23)27-25(28)16-26-21-8-12-24(13-9-21)30-18-20-6-4-3-5-7-20/h3-15,19,26H,16-18H2,1-2H3,(H,27,28). The third-order valence-corrected chi connectivity index (χ3v) is 4.28. The Morgan fingerprint density at radius 1 is 0.800 bits per heavy atom. The highest BCUT2D eigenvalue weighted by atomic mass is 16.5. The molecular formula is C25H28N2O3. The Bertz CT molecular complexity index is 907. The third kappa shape index (κ3) is 7.17. The largest absolute Gasteiger partial charge is 0.493 e. The molecule has 5 heteroatoms. The van der Waals surface area contributed by atoms with Gasteiger partial charge in [-0.05, 0) is 60.0 Å². The first kappa shape index (κ1) is 21.2. The maximum atomic E-state index is 12.2. The lowest BCUT2D eigenvalue weighted by molar-refractivity contribution is -0.114. The molecule has 0 aromatic heterocycles. The molecule has 0 unspecified atom stereocenters. The second-order valence-corrected chi connectivity index (χ2v) is 7.43. The summed E-state index contributed by atoms with van der Waals surface area (Å²) >= 11 is 0. The molecule has 5 nitrogen and oxygen atoms in total. The molecule has 0 bridgehead atoms. The first-order valence-corrected chi connectivity index (χ1v) is 10.1. The smallest absolute Gasteiger partial charge is 0.243 e. The number of amides is 1. The number of hydrogen-bond donors (Lipinski definition) is 2. The van der Waals surface area contributed by atoms with Gasteiger partial charge in [0.2, 0.25) is 5.91 Å². The van der Waals surface area contributed by atoms with Crippen molar-refractivity contribution >= 4 is 17.3 Å². The molecule has 0 radical (unpaired) electrons. The van der Waals surface area contributed by atoms with Crippen molar-refractivity contribution in [3.05, 3.63) is 84.4 Å². The van der Waals surface area contributed by atoms with Crippen LogP contribution in [0, 0.1) is 5.92 Å². The van der Waals surface area contributed by atoms with Gasteiger partial charge in [-0.2, -0.15) is 0 Å². The van der Waals surface area contributed by atoms with Crippen LogP contribution in [0.3, 0.4) is 0 Å². The number of benzene rings is 3. The Kier molecular flexibility index (Phi) is 7.72. The summed E-state index contributed by atoms with van der Waals surface area (Å²) in [4.78, 5) is 12.2. The highest BCUT2D eigenvalue weighted by Gasteiger charge is 2.04. The monoisotopic (exact) mass is 404 g/mol. The van der Waals surface area contributed by atoms with Gasteiger partial charge < -0.3 is 20.1 Å². The van der Waals surface area contributed by atoms with E-state index in [2.05, 4.69) is 24.5 Å². The van der Waals surface area contributed by atoms with Crippen LogP contribution in [0.5, 0.6) is 11.5 Å². The average molecular weight is 405 g/mol. The highest BCUT2D eigenvalue weighted by Crippen LogP contribution is 2.18. The van der Waals surface area contributed by atoms with E-state index in [1.165, 1.54) is 0 Å². The predicted octanol–water partition coefficient (Wildman–Crippen LogP) is 5.35. The van der Waals surface area contributed by atoms with Gasteiger partial charge in [0, 0.05) is 11.4 Å². The molecule has 0 aliphatic carbocycles. The molecule has 156 valence electrons. The van der Waals surface area contributed by atoms with Crippen LogP contribution in [-0.4, -0.2) is 19.1 Å². The number of rotatable bonds is 10. The second kappa shape index (κ2) is 10.9. The van der Waals surface area contributed by atoms with Crippen LogP contribution in [-0.2, 0) is 11.4 Å². The summed E-state index contributed by atoms with van der Waals surface area (Å²) in [6, 6.07) is 25.0. The number of carbonyl (C=O) groups excluding carboxylic acids is 1. The van der Waals surface area contributed by atoms with Crippen molar-refractivity contribution in [2.24, 2.45) is 5.92 Å². The Balaban J connectivity index is 1.41. The number of hydrogen-bond acceptors (Lipinski definition) is 4. The van der Waals surface area contributed by atoms with Gasteiger partial charge in [-0.1, -0.05) is 44.2 Å². The van der Waals surface area contributed by atoms with Crippen molar-refractivity contribution < 1.29 is 14.3 Å². The Labute approximate surface area is 178 Å². The fraction of sp³-hybridized carbons (Fsp3) is 0.240. The third-order valence-electron chi connectivity index (χ3n) is 4.28. The number of ether oxygens (including phenoxy) is 2. The van der Waals surface area contributed by atoms with Gasteiger partial charge in [-0.15, -0.1) is 0 Å². The zero-order valence-corrected chi connectivity index (χ0v) is 17.4. The molecule has 0 saturated carbocycles. The minimum atomic E-state index is -0.116. The van der Waals surface area contributed by atoms with Gasteiger partial charge in [-0.3, -0.25) is 4.79 Å². The maximum Gasteiger partial charge on any atom is 0.243 e. The zero-order chi connectivity index (χ0) is 21.2. The van der Waals surface area contributed by atoms with E-state index in [1.807, 2.05) is 78.9 Å². The summed E-state index contributed by atoms with van der Waals surface area (Å²) in [7, 11) is 0. The van der Waals surface area contributed by atoms with Gasteiger partial charge in [0.15, 0.2) is 0 Å².